The summed E-state index contributed by atoms with van der Waals surface area (Å²) in [6.07, 6.45) is 7.64. The van der Waals surface area contributed by atoms with Crippen molar-refractivity contribution in [3.05, 3.63) is 46.7 Å². The van der Waals surface area contributed by atoms with E-state index in [2.05, 4.69) is 50.6 Å². The van der Waals surface area contributed by atoms with E-state index in [4.69, 9.17) is 0 Å². The highest BCUT2D eigenvalue weighted by Gasteiger charge is 2.14. The lowest BCUT2D eigenvalue weighted by molar-refractivity contribution is 0.412. The van der Waals surface area contributed by atoms with Crippen molar-refractivity contribution in [2.45, 2.75) is 25.3 Å². The molecule has 1 unspecified atom stereocenters. The molecule has 0 radical (unpaired) electrons. The van der Waals surface area contributed by atoms with E-state index in [0.717, 1.165) is 16.7 Å². The van der Waals surface area contributed by atoms with Crippen molar-refractivity contribution in [2.24, 2.45) is 0 Å². The van der Waals surface area contributed by atoms with Crippen LogP contribution in [0.15, 0.2) is 41.1 Å². The second-order valence-corrected chi connectivity index (χ2v) is 5.61. The van der Waals surface area contributed by atoms with Crippen molar-refractivity contribution in [1.29, 1.82) is 0 Å². The number of halogens is 1. The number of nitrogens with zero attached hydrogens (tertiary/aromatic N) is 2. The fraction of sp³-hybridized carbons (Fsp3) is 0.357. The van der Waals surface area contributed by atoms with Gasteiger partial charge in [-0.2, -0.15) is 5.10 Å². The average molecular weight is 306 g/mol. The standard InChI is InChI=1S/C14H16BrN3/c15-12-9-17-18(10-12)13-6-4-11(5-7-13)14-3-1-2-8-16-14/h4-7,9-10,14,16H,1-3,8H2. The lowest BCUT2D eigenvalue weighted by Gasteiger charge is -2.23. The molecule has 3 rings (SSSR count). The second-order valence-electron chi connectivity index (χ2n) is 4.70. The van der Waals surface area contributed by atoms with E-state index in [0.29, 0.717) is 6.04 Å². The Bertz CT molecular complexity index is 512. The maximum atomic E-state index is 4.28. The maximum absolute atomic E-state index is 4.28. The highest BCUT2D eigenvalue weighted by molar-refractivity contribution is 9.10. The molecule has 1 fully saturated rings. The van der Waals surface area contributed by atoms with Gasteiger partial charge in [0, 0.05) is 12.2 Å². The number of aromatic nitrogens is 2. The molecule has 94 valence electrons. The SMILES string of the molecule is Brc1cnn(-c2ccc(C3CCCCN3)cc2)c1. The Hall–Kier alpha value is -1.13. The molecular weight excluding hydrogens is 290 g/mol. The summed E-state index contributed by atoms with van der Waals surface area (Å²) in [7, 11) is 0. The van der Waals surface area contributed by atoms with Gasteiger partial charge in [-0.25, -0.2) is 4.68 Å². The molecule has 0 spiro atoms. The monoisotopic (exact) mass is 305 g/mol. The third kappa shape index (κ3) is 2.49. The Balaban J connectivity index is 1.80. The van der Waals surface area contributed by atoms with Gasteiger partial charge in [0.15, 0.2) is 0 Å². The third-order valence-corrected chi connectivity index (χ3v) is 3.83. The van der Waals surface area contributed by atoms with Crippen LogP contribution in [0.1, 0.15) is 30.9 Å². The summed E-state index contributed by atoms with van der Waals surface area (Å²) >= 11 is 3.41. The van der Waals surface area contributed by atoms with Crippen molar-refractivity contribution in [2.75, 3.05) is 6.54 Å². The number of hydrogen-bond donors (Lipinski definition) is 1. The summed E-state index contributed by atoms with van der Waals surface area (Å²) in [5, 5.41) is 7.85. The fourth-order valence-corrected chi connectivity index (χ4v) is 2.72. The van der Waals surface area contributed by atoms with Crippen molar-refractivity contribution in [3.8, 4) is 5.69 Å². The van der Waals surface area contributed by atoms with E-state index in [-0.39, 0.29) is 0 Å². The minimum absolute atomic E-state index is 0.525. The summed E-state index contributed by atoms with van der Waals surface area (Å²) < 4.78 is 2.88. The van der Waals surface area contributed by atoms with Crippen LogP contribution in [0.4, 0.5) is 0 Å². The first-order valence-corrected chi connectivity index (χ1v) is 7.16. The topological polar surface area (TPSA) is 29.9 Å². The first kappa shape index (κ1) is 11.9. The summed E-state index contributed by atoms with van der Waals surface area (Å²) in [5.74, 6) is 0. The summed E-state index contributed by atoms with van der Waals surface area (Å²) in [6.45, 7) is 1.14. The van der Waals surface area contributed by atoms with Gasteiger partial charge < -0.3 is 5.32 Å². The van der Waals surface area contributed by atoms with E-state index in [1.165, 1.54) is 24.8 Å². The van der Waals surface area contributed by atoms with Crippen molar-refractivity contribution < 1.29 is 0 Å². The van der Waals surface area contributed by atoms with E-state index >= 15 is 0 Å². The number of nitrogens with one attached hydrogen (secondary N) is 1. The summed E-state index contributed by atoms with van der Waals surface area (Å²) in [4.78, 5) is 0. The van der Waals surface area contributed by atoms with Crippen molar-refractivity contribution >= 4 is 15.9 Å². The molecule has 2 aromatic rings. The van der Waals surface area contributed by atoms with Gasteiger partial charge in [0.1, 0.15) is 0 Å². The second kappa shape index (κ2) is 5.24. The van der Waals surface area contributed by atoms with Crippen LogP contribution in [0.25, 0.3) is 5.69 Å². The molecule has 3 nitrogen and oxygen atoms in total. The van der Waals surface area contributed by atoms with Crippen LogP contribution in [0.5, 0.6) is 0 Å². The van der Waals surface area contributed by atoms with Gasteiger partial charge in [0.05, 0.1) is 16.4 Å². The minimum atomic E-state index is 0.525. The Labute approximate surface area is 115 Å². The summed E-state index contributed by atoms with van der Waals surface area (Å²) in [6, 6.07) is 9.19. The number of hydrogen-bond acceptors (Lipinski definition) is 2. The molecule has 18 heavy (non-hydrogen) atoms. The largest absolute Gasteiger partial charge is 0.310 e. The van der Waals surface area contributed by atoms with Gasteiger partial charge >= 0.3 is 0 Å². The molecule has 2 heterocycles. The first-order valence-electron chi connectivity index (χ1n) is 6.37. The Kier molecular flexibility index (Phi) is 3.48. The van der Waals surface area contributed by atoms with Crippen LogP contribution in [0.2, 0.25) is 0 Å². The zero-order valence-electron chi connectivity index (χ0n) is 10.1. The van der Waals surface area contributed by atoms with Gasteiger partial charge in [-0.1, -0.05) is 18.6 Å². The Morgan fingerprint density at radius 1 is 1.22 bits per heavy atom. The molecule has 4 heteroatoms. The Morgan fingerprint density at radius 3 is 2.67 bits per heavy atom. The van der Waals surface area contributed by atoms with E-state index in [1.54, 1.807) is 6.20 Å². The molecule has 0 saturated carbocycles. The molecule has 0 amide bonds. The quantitative estimate of drug-likeness (QED) is 0.921. The average Bonchev–Trinajstić information content (AvgIpc) is 2.87. The maximum Gasteiger partial charge on any atom is 0.0646 e. The van der Waals surface area contributed by atoms with Gasteiger partial charge in [0.25, 0.3) is 0 Å². The van der Waals surface area contributed by atoms with Gasteiger partial charge in [-0.3, -0.25) is 0 Å². The molecule has 1 saturated heterocycles. The van der Waals surface area contributed by atoms with Crippen LogP contribution in [0.3, 0.4) is 0 Å². The lowest BCUT2D eigenvalue weighted by atomic mass is 9.97. The molecule has 0 aliphatic carbocycles. The Morgan fingerprint density at radius 2 is 2.06 bits per heavy atom. The first-order chi connectivity index (χ1) is 8.83. The molecule has 0 bridgehead atoms. The highest BCUT2D eigenvalue weighted by atomic mass is 79.9. The van der Waals surface area contributed by atoms with E-state index in [1.807, 2.05) is 10.9 Å². The molecule has 1 aliphatic heterocycles. The predicted molar refractivity (Wildman–Crippen MR) is 75.9 cm³/mol. The molecule has 1 atom stereocenters. The number of benzene rings is 1. The van der Waals surface area contributed by atoms with Crippen LogP contribution in [-0.4, -0.2) is 16.3 Å². The smallest absolute Gasteiger partial charge is 0.0646 e. The lowest BCUT2D eigenvalue weighted by Crippen LogP contribution is -2.26. The van der Waals surface area contributed by atoms with Crippen LogP contribution in [0, 0.1) is 0 Å². The molecule has 1 aromatic carbocycles. The fourth-order valence-electron chi connectivity index (χ4n) is 2.44. The molecule has 1 N–H and O–H groups in total. The number of rotatable bonds is 2. The van der Waals surface area contributed by atoms with E-state index in [9.17, 15) is 0 Å². The van der Waals surface area contributed by atoms with Crippen molar-refractivity contribution in [3.63, 3.8) is 0 Å². The predicted octanol–water partition coefficient (Wildman–Crippen LogP) is 3.45. The molecule has 1 aliphatic rings. The van der Waals surface area contributed by atoms with Gasteiger partial charge in [0.2, 0.25) is 0 Å². The van der Waals surface area contributed by atoms with E-state index < -0.39 is 0 Å². The third-order valence-electron chi connectivity index (χ3n) is 3.42. The molecule has 1 aromatic heterocycles. The normalized spacial score (nSPS) is 19.9. The zero-order chi connectivity index (χ0) is 12.4. The van der Waals surface area contributed by atoms with Crippen LogP contribution < -0.4 is 5.32 Å². The highest BCUT2D eigenvalue weighted by Crippen LogP contribution is 2.23. The van der Waals surface area contributed by atoms with Gasteiger partial charge in [-0.15, -0.1) is 0 Å². The van der Waals surface area contributed by atoms with Crippen LogP contribution in [-0.2, 0) is 0 Å². The zero-order valence-corrected chi connectivity index (χ0v) is 11.7. The molecular formula is C14H16BrN3. The van der Waals surface area contributed by atoms with Gasteiger partial charge in [-0.05, 0) is 53.0 Å². The van der Waals surface area contributed by atoms with Crippen molar-refractivity contribution in [1.82, 2.24) is 15.1 Å². The number of piperidine rings is 1. The summed E-state index contributed by atoms with van der Waals surface area (Å²) in [5.41, 5.74) is 2.48. The minimum Gasteiger partial charge on any atom is -0.310 e. The van der Waals surface area contributed by atoms with Crippen LogP contribution >= 0.6 is 15.9 Å².